The van der Waals surface area contributed by atoms with E-state index in [2.05, 4.69) is 20.6 Å². The molecule has 10 nitrogen and oxygen atoms in total. The Labute approximate surface area is 264 Å². The molecule has 1 aliphatic heterocycles. The number of esters is 1. The molecule has 3 heterocycles. The van der Waals surface area contributed by atoms with Crippen LogP contribution in [0.3, 0.4) is 0 Å². The van der Waals surface area contributed by atoms with E-state index in [4.69, 9.17) is 9.72 Å². The van der Waals surface area contributed by atoms with Gasteiger partial charge >= 0.3 is 12.0 Å². The Morgan fingerprint density at radius 1 is 0.956 bits per heavy atom. The molecule has 1 saturated heterocycles. The topological polar surface area (TPSA) is 132 Å². The van der Waals surface area contributed by atoms with E-state index in [1.54, 1.807) is 6.92 Å². The number of rotatable bonds is 11. The molecule has 238 valence electrons. The van der Waals surface area contributed by atoms with Gasteiger partial charge < -0.3 is 30.2 Å². The number of carbonyl (C=O) groups is 3. The zero-order valence-electron chi connectivity index (χ0n) is 26.4. The van der Waals surface area contributed by atoms with Crippen molar-refractivity contribution in [1.82, 2.24) is 30.5 Å². The Morgan fingerprint density at radius 2 is 1.67 bits per heavy atom. The maximum Gasteiger partial charge on any atom is 0.357 e. The minimum Gasteiger partial charge on any atom is -0.461 e. The number of hydrogen-bond acceptors (Lipinski definition) is 5. The average molecular weight is 613 g/mol. The molecule has 5 rings (SSSR count). The van der Waals surface area contributed by atoms with Crippen LogP contribution in [-0.2, 0) is 16.0 Å². The molecule has 0 spiro atoms. The van der Waals surface area contributed by atoms with Crippen LogP contribution < -0.4 is 10.6 Å². The molecule has 2 atom stereocenters. The molecule has 1 aliphatic rings. The van der Waals surface area contributed by atoms with Crippen LogP contribution in [0.4, 0.5) is 4.79 Å². The highest BCUT2D eigenvalue weighted by Crippen LogP contribution is 2.28. The number of ether oxygens (including phenoxy) is 1. The van der Waals surface area contributed by atoms with Gasteiger partial charge in [0.15, 0.2) is 5.69 Å². The number of amides is 3. The summed E-state index contributed by atoms with van der Waals surface area (Å²) in [5.74, 6) is -0.222. The summed E-state index contributed by atoms with van der Waals surface area (Å²) in [6.07, 6.45) is 6.96. The molecule has 0 bridgehead atoms. The van der Waals surface area contributed by atoms with Crippen LogP contribution in [0.1, 0.15) is 80.8 Å². The van der Waals surface area contributed by atoms with Gasteiger partial charge in [-0.05, 0) is 43.7 Å². The highest BCUT2D eigenvalue weighted by molar-refractivity contribution is 5.94. The van der Waals surface area contributed by atoms with Gasteiger partial charge in [0.1, 0.15) is 17.6 Å². The predicted molar refractivity (Wildman–Crippen MR) is 175 cm³/mol. The standard InChI is InChI=1S/C35H44N6O4/c1-4-45-34(43)31-30(24-14-8-7-9-15-24)39-32(40-31)28(21-25-22-36-27-17-11-10-16-26(25)27)37-33(42)29(20-23(2)3)38-35(44)41-18-12-5-6-13-19-41/h7-11,14-17,22-23,28-29,36H,4-6,12-13,18-21H2,1-3H3,(H,37,42)(H,38,44)(H,39,40)/t28-,29+/m1/s1. The van der Waals surface area contributed by atoms with Crippen LogP contribution in [0.5, 0.6) is 0 Å². The first-order chi connectivity index (χ1) is 21.8. The maximum absolute atomic E-state index is 14.1. The van der Waals surface area contributed by atoms with E-state index in [1.807, 2.05) is 79.5 Å². The van der Waals surface area contributed by atoms with Crippen molar-refractivity contribution in [1.29, 1.82) is 0 Å². The van der Waals surface area contributed by atoms with Crippen LogP contribution in [-0.4, -0.2) is 63.5 Å². The SMILES string of the molecule is CCOC(=O)c1[nH]c([C@@H](Cc2c[nH]c3ccccc23)NC(=O)[C@H](CC(C)C)NC(=O)N2CCCCCC2)nc1-c1ccccc1. The van der Waals surface area contributed by atoms with E-state index >= 15 is 0 Å². The Bertz CT molecular complexity index is 1590. The number of imidazole rings is 1. The van der Waals surface area contributed by atoms with Crippen molar-refractivity contribution in [3.8, 4) is 11.3 Å². The first-order valence-corrected chi connectivity index (χ1v) is 16.1. The lowest BCUT2D eigenvalue weighted by Gasteiger charge is -2.27. The van der Waals surface area contributed by atoms with Crippen LogP contribution in [0.25, 0.3) is 22.2 Å². The lowest BCUT2D eigenvalue weighted by Crippen LogP contribution is -2.52. The van der Waals surface area contributed by atoms with Gasteiger partial charge in [0.05, 0.1) is 12.6 Å². The van der Waals surface area contributed by atoms with Crippen molar-refractivity contribution in [2.45, 2.75) is 71.4 Å². The second-order valence-corrected chi connectivity index (χ2v) is 12.1. The normalized spacial score (nSPS) is 15.0. The van der Waals surface area contributed by atoms with Crippen LogP contribution in [0, 0.1) is 5.92 Å². The molecule has 0 unspecified atom stereocenters. The minimum absolute atomic E-state index is 0.168. The molecule has 0 radical (unpaired) electrons. The van der Waals surface area contributed by atoms with Crippen molar-refractivity contribution < 1.29 is 19.1 Å². The van der Waals surface area contributed by atoms with Crippen molar-refractivity contribution in [3.63, 3.8) is 0 Å². The van der Waals surface area contributed by atoms with Crippen molar-refractivity contribution in [3.05, 3.63) is 77.9 Å². The molecule has 4 N–H and O–H groups in total. The Hall–Kier alpha value is -4.60. The monoisotopic (exact) mass is 612 g/mol. The number of aromatic nitrogens is 3. The van der Waals surface area contributed by atoms with E-state index in [1.165, 1.54) is 0 Å². The fraction of sp³-hybridized carbons (Fsp3) is 0.429. The predicted octanol–water partition coefficient (Wildman–Crippen LogP) is 6.14. The number of carbonyl (C=O) groups excluding carboxylic acids is 3. The summed E-state index contributed by atoms with van der Waals surface area (Å²) in [4.78, 5) is 53.7. The maximum atomic E-state index is 14.1. The number of fused-ring (bicyclic) bond motifs is 1. The first kappa shape index (κ1) is 31.8. The average Bonchev–Trinajstić information content (AvgIpc) is 3.56. The molecule has 3 amide bonds. The van der Waals surface area contributed by atoms with E-state index in [-0.39, 0.29) is 30.2 Å². The third-order valence-electron chi connectivity index (χ3n) is 8.21. The van der Waals surface area contributed by atoms with Gasteiger partial charge in [0.2, 0.25) is 5.91 Å². The number of nitrogens with one attached hydrogen (secondary N) is 4. The number of H-pyrrole nitrogens is 2. The number of nitrogens with zero attached hydrogens (tertiary/aromatic N) is 2. The Balaban J connectivity index is 1.49. The molecule has 2 aromatic carbocycles. The van der Waals surface area contributed by atoms with Gasteiger partial charge in [-0.25, -0.2) is 14.6 Å². The van der Waals surface area contributed by atoms with E-state index in [0.717, 1.165) is 47.7 Å². The van der Waals surface area contributed by atoms with Gasteiger partial charge in [-0.15, -0.1) is 0 Å². The minimum atomic E-state index is -0.737. The van der Waals surface area contributed by atoms with Crippen LogP contribution in [0.2, 0.25) is 0 Å². The van der Waals surface area contributed by atoms with Crippen LogP contribution >= 0.6 is 0 Å². The number of para-hydroxylation sites is 1. The third-order valence-corrected chi connectivity index (χ3v) is 8.21. The summed E-state index contributed by atoms with van der Waals surface area (Å²) in [7, 11) is 0. The zero-order valence-corrected chi connectivity index (χ0v) is 26.4. The molecule has 2 aromatic heterocycles. The summed E-state index contributed by atoms with van der Waals surface area (Å²) in [6, 6.07) is 15.8. The van der Waals surface area contributed by atoms with E-state index in [9.17, 15) is 14.4 Å². The van der Waals surface area contributed by atoms with E-state index < -0.39 is 18.1 Å². The molecule has 0 aliphatic carbocycles. The number of urea groups is 1. The summed E-state index contributed by atoms with van der Waals surface area (Å²) in [5.41, 5.74) is 3.40. The second-order valence-electron chi connectivity index (χ2n) is 12.1. The van der Waals surface area contributed by atoms with Gasteiger partial charge in [-0.2, -0.15) is 0 Å². The Kier molecular flexibility index (Phi) is 10.5. The molecular formula is C35H44N6O4. The molecule has 1 fully saturated rings. The quantitative estimate of drug-likeness (QED) is 0.151. The zero-order chi connectivity index (χ0) is 31.8. The largest absolute Gasteiger partial charge is 0.461 e. The van der Waals surface area contributed by atoms with Gasteiger partial charge in [-0.3, -0.25) is 4.79 Å². The summed E-state index contributed by atoms with van der Waals surface area (Å²) in [5, 5.41) is 7.26. The van der Waals surface area contributed by atoms with Gasteiger partial charge in [-0.1, -0.05) is 75.2 Å². The van der Waals surface area contributed by atoms with Gasteiger partial charge in [0, 0.05) is 42.2 Å². The molecular weight excluding hydrogens is 568 g/mol. The summed E-state index contributed by atoms with van der Waals surface area (Å²) < 4.78 is 5.37. The highest BCUT2D eigenvalue weighted by atomic mass is 16.5. The van der Waals surface area contributed by atoms with Crippen molar-refractivity contribution >= 4 is 28.8 Å². The number of benzene rings is 2. The highest BCUT2D eigenvalue weighted by Gasteiger charge is 2.30. The first-order valence-electron chi connectivity index (χ1n) is 16.1. The Morgan fingerprint density at radius 3 is 2.38 bits per heavy atom. The van der Waals surface area contributed by atoms with Crippen molar-refractivity contribution in [2.24, 2.45) is 5.92 Å². The number of aromatic amines is 2. The lowest BCUT2D eigenvalue weighted by atomic mass is 10.0. The second kappa shape index (κ2) is 14.9. The third kappa shape index (κ3) is 7.92. The number of likely N-dealkylation sites (tertiary alicyclic amines) is 1. The smallest absolute Gasteiger partial charge is 0.357 e. The van der Waals surface area contributed by atoms with Gasteiger partial charge in [0.25, 0.3) is 0 Å². The molecule has 0 saturated carbocycles. The molecule has 4 aromatic rings. The van der Waals surface area contributed by atoms with Crippen molar-refractivity contribution in [2.75, 3.05) is 19.7 Å². The molecule has 45 heavy (non-hydrogen) atoms. The summed E-state index contributed by atoms with van der Waals surface area (Å²) in [6.45, 7) is 7.42. The molecule has 10 heteroatoms. The lowest BCUT2D eigenvalue weighted by molar-refractivity contribution is -0.124. The number of hydrogen-bond donors (Lipinski definition) is 4. The summed E-state index contributed by atoms with van der Waals surface area (Å²) >= 11 is 0. The van der Waals surface area contributed by atoms with Crippen LogP contribution in [0.15, 0.2) is 60.8 Å². The fourth-order valence-electron chi connectivity index (χ4n) is 5.94. The fourth-order valence-corrected chi connectivity index (χ4v) is 5.94. The van der Waals surface area contributed by atoms with E-state index in [0.29, 0.717) is 37.4 Å².